The number of hydrogen-bond acceptors (Lipinski definition) is 2. The van der Waals surface area contributed by atoms with E-state index in [-0.39, 0.29) is 17.4 Å². The summed E-state index contributed by atoms with van der Waals surface area (Å²) in [6.07, 6.45) is 6.22. The van der Waals surface area contributed by atoms with E-state index < -0.39 is 0 Å². The summed E-state index contributed by atoms with van der Waals surface area (Å²) in [6, 6.07) is 0. The molecule has 1 amide bonds. The van der Waals surface area contributed by atoms with Crippen molar-refractivity contribution in [1.29, 1.82) is 0 Å². The van der Waals surface area contributed by atoms with Crippen LogP contribution in [0, 0.1) is 11.3 Å². The van der Waals surface area contributed by atoms with Crippen LogP contribution in [0.25, 0.3) is 0 Å². The molecule has 17 heavy (non-hydrogen) atoms. The highest BCUT2D eigenvalue weighted by molar-refractivity contribution is 5.76. The van der Waals surface area contributed by atoms with E-state index in [1.807, 2.05) is 4.90 Å². The van der Waals surface area contributed by atoms with Gasteiger partial charge in [0, 0.05) is 19.5 Å². The highest BCUT2D eigenvalue weighted by atomic mass is 16.3. The summed E-state index contributed by atoms with van der Waals surface area (Å²) in [5.74, 6) is 1.04. The van der Waals surface area contributed by atoms with Crippen molar-refractivity contribution in [3.05, 3.63) is 0 Å². The smallest absolute Gasteiger partial charge is 0.222 e. The van der Waals surface area contributed by atoms with Crippen LogP contribution >= 0.6 is 0 Å². The summed E-state index contributed by atoms with van der Waals surface area (Å²) in [5.41, 5.74) is -0.0370. The van der Waals surface area contributed by atoms with Gasteiger partial charge in [0.2, 0.25) is 5.91 Å². The van der Waals surface area contributed by atoms with Gasteiger partial charge in [0.15, 0.2) is 0 Å². The number of amides is 1. The molecule has 0 aromatic carbocycles. The largest absolute Gasteiger partial charge is 0.391 e. The Balaban J connectivity index is 1.76. The van der Waals surface area contributed by atoms with Gasteiger partial charge >= 0.3 is 0 Å². The molecule has 1 saturated heterocycles. The van der Waals surface area contributed by atoms with Gasteiger partial charge < -0.3 is 10.0 Å². The molecule has 2 rings (SSSR count). The SMILES string of the molecule is CC1(C)CCN(C(=O)CCC2CCC2)CC1O. The third-order valence-corrected chi connectivity index (χ3v) is 4.67. The minimum absolute atomic E-state index is 0.0370. The van der Waals surface area contributed by atoms with Gasteiger partial charge in [-0.15, -0.1) is 0 Å². The van der Waals surface area contributed by atoms with Crippen LogP contribution in [-0.4, -0.2) is 35.1 Å². The lowest BCUT2D eigenvalue weighted by atomic mass is 9.79. The monoisotopic (exact) mass is 239 g/mol. The first-order valence-corrected chi connectivity index (χ1v) is 6.95. The van der Waals surface area contributed by atoms with Crippen molar-refractivity contribution in [3.8, 4) is 0 Å². The van der Waals surface area contributed by atoms with Gasteiger partial charge in [0.1, 0.15) is 0 Å². The van der Waals surface area contributed by atoms with Crippen molar-refractivity contribution in [3.63, 3.8) is 0 Å². The predicted molar refractivity (Wildman–Crippen MR) is 67.6 cm³/mol. The summed E-state index contributed by atoms with van der Waals surface area (Å²) >= 11 is 0. The molecule has 1 aliphatic heterocycles. The molecule has 98 valence electrons. The van der Waals surface area contributed by atoms with E-state index in [4.69, 9.17) is 0 Å². The Morgan fingerprint density at radius 2 is 2.12 bits per heavy atom. The maximum absolute atomic E-state index is 12.0. The van der Waals surface area contributed by atoms with E-state index in [2.05, 4.69) is 13.8 Å². The van der Waals surface area contributed by atoms with Gasteiger partial charge in [-0.1, -0.05) is 33.1 Å². The summed E-state index contributed by atoms with van der Waals surface area (Å²) in [5, 5.41) is 10.00. The average Bonchev–Trinajstić information content (AvgIpc) is 2.19. The standard InChI is InChI=1S/C14H25NO2/c1-14(2)8-9-15(10-12(14)16)13(17)7-6-11-4-3-5-11/h11-12,16H,3-10H2,1-2H3. The van der Waals surface area contributed by atoms with Crippen molar-refractivity contribution in [2.75, 3.05) is 13.1 Å². The molecule has 1 unspecified atom stereocenters. The van der Waals surface area contributed by atoms with Gasteiger partial charge in [-0.25, -0.2) is 0 Å². The first-order chi connectivity index (χ1) is 7.99. The van der Waals surface area contributed by atoms with Crippen LogP contribution < -0.4 is 0 Å². The quantitative estimate of drug-likeness (QED) is 0.820. The number of carbonyl (C=O) groups excluding carboxylic acids is 1. The molecule has 2 fully saturated rings. The second kappa shape index (κ2) is 4.97. The van der Waals surface area contributed by atoms with E-state index in [9.17, 15) is 9.90 Å². The number of aliphatic hydroxyl groups excluding tert-OH is 1. The fourth-order valence-electron chi connectivity index (χ4n) is 2.63. The lowest BCUT2D eigenvalue weighted by Crippen LogP contribution is -2.50. The zero-order valence-electron chi connectivity index (χ0n) is 11.1. The van der Waals surface area contributed by atoms with Crippen molar-refractivity contribution >= 4 is 5.91 Å². The number of likely N-dealkylation sites (tertiary alicyclic amines) is 1. The van der Waals surface area contributed by atoms with Crippen LogP contribution in [-0.2, 0) is 4.79 Å². The molecule has 1 saturated carbocycles. The Morgan fingerprint density at radius 1 is 1.41 bits per heavy atom. The van der Waals surface area contributed by atoms with Gasteiger partial charge in [-0.2, -0.15) is 0 Å². The van der Waals surface area contributed by atoms with Crippen LogP contribution in [0.1, 0.15) is 52.4 Å². The fraction of sp³-hybridized carbons (Fsp3) is 0.929. The molecule has 1 aliphatic carbocycles. The molecule has 0 spiro atoms. The maximum atomic E-state index is 12.0. The number of aliphatic hydroxyl groups is 1. The molecular formula is C14H25NO2. The van der Waals surface area contributed by atoms with Gasteiger partial charge in [0.05, 0.1) is 6.10 Å². The molecule has 0 radical (unpaired) electrons. The first-order valence-electron chi connectivity index (χ1n) is 6.95. The molecule has 3 nitrogen and oxygen atoms in total. The Labute approximate surface area is 104 Å². The number of hydrogen-bond donors (Lipinski definition) is 1. The molecular weight excluding hydrogens is 214 g/mol. The van der Waals surface area contributed by atoms with Crippen molar-refractivity contribution in [2.45, 2.75) is 58.5 Å². The van der Waals surface area contributed by atoms with E-state index >= 15 is 0 Å². The molecule has 1 heterocycles. The molecule has 0 bridgehead atoms. The second-order valence-corrected chi connectivity index (χ2v) is 6.43. The minimum atomic E-state index is -0.371. The molecule has 0 aromatic heterocycles. The van der Waals surface area contributed by atoms with E-state index in [1.54, 1.807) is 0 Å². The summed E-state index contributed by atoms with van der Waals surface area (Å²) in [4.78, 5) is 13.9. The molecule has 3 heteroatoms. The molecule has 2 aliphatic rings. The van der Waals surface area contributed by atoms with Gasteiger partial charge in [-0.3, -0.25) is 4.79 Å². The molecule has 1 atom stereocenters. The third kappa shape index (κ3) is 3.01. The molecule has 1 N–H and O–H groups in total. The number of rotatable bonds is 3. The van der Waals surface area contributed by atoms with Gasteiger partial charge in [0.25, 0.3) is 0 Å². The summed E-state index contributed by atoms with van der Waals surface area (Å²) in [6.45, 7) is 5.49. The second-order valence-electron chi connectivity index (χ2n) is 6.43. The van der Waals surface area contributed by atoms with Crippen LogP contribution in [0.2, 0.25) is 0 Å². The maximum Gasteiger partial charge on any atom is 0.222 e. The highest BCUT2D eigenvalue weighted by Crippen LogP contribution is 2.32. The van der Waals surface area contributed by atoms with E-state index in [0.29, 0.717) is 13.0 Å². The van der Waals surface area contributed by atoms with Crippen molar-refractivity contribution < 1.29 is 9.90 Å². The lowest BCUT2D eigenvalue weighted by Gasteiger charge is -2.41. The van der Waals surface area contributed by atoms with Crippen LogP contribution in [0.5, 0.6) is 0 Å². The lowest BCUT2D eigenvalue weighted by molar-refractivity contribution is -0.138. The Kier molecular flexibility index (Phi) is 3.76. The zero-order valence-corrected chi connectivity index (χ0v) is 11.1. The number of β-amino-alcohol motifs (C(OH)–C–C–N with tert-alkyl or cyclic N) is 1. The predicted octanol–water partition coefficient (Wildman–Crippen LogP) is 2.19. The Bertz CT molecular complexity index is 284. The zero-order chi connectivity index (χ0) is 12.5. The van der Waals surface area contributed by atoms with Crippen LogP contribution in [0.15, 0.2) is 0 Å². The summed E-state index contributed by atoms with van der Waals surface area (Å²) in [7, 11) is 0. The van der Waals surface area contributed by atoms with Gasteiger partial charge in [-0.05, 0) is 24.2 Å². The van der Waals surface area contributed by atoms with Crippen molar-refractivity contribution in [1.82, 2.24) is 4.90 Å². The number of nitrogens with zero attached hydrogens (tertiary/aromatic N) is 1. The average molecular weight is 239 g/mol. The Morgan fingerprint density at radius 3 is 2.65 bits per heavy atom. The minimum Gasteiger partial charge on any atom is -0.391 e. The van der Waals surface area contributed by atoms with Crippen molar-refractivity contribution in [2.24, 2.45) is 11.3 Å². The normalized spacial score (nSPS) is 28.9. The topological polar surface area (TPSA) is 40.5 Å². The molecule has 0 aromatic rings. The van der Waals surface area contributed by atoms with Crippen LogP contribution in [0.4, 0.5) is 0 Å². The Hall–Kier alpha value is -0.570. The third-order valence-electron chi connectivity index (χ3n) is 4.67. The highest BCUT2D eigenvalue weighted by Gasteiger charge is 2.35. The summed E-state index contributed by atoms with van der Waals surface area (Å²) < 4.78 is 0. The number of carbonyl (C=O) groups is 1. The number of piperidine rings is 1. The van der Waals surface area contributed by atoms with E-state index in [0.717, 1.165) is 25.3 Å². The van der Waals surface area contributed by atoms with Crippen LogP contribution in [0.3, 0.4) is 0 Å². The van der Waals surface area contributed by atoms with E-state index in [1.165, 1.54) is 19.3 Å². The fourth-order valence-corrected chi connectivity index (χ4v) is 2.63. The first kappa shape index (κ1) is 12.9.